The highest BCUT2D eigenvalue weighted by Crippen LogP contribution is 2.36. The van der Waals surface area contributed by atoms with E-state index in [1.54, 1.807) is 24.3 Å². The highest BCUT2D eigenvalue weighted by Gasteiger charge is 2.11. The van der Waals surface area contributed by atoms with Crippen molar-refractivity contribution in [3.63, 3.8) is 0 Å². The smallest absolute Gasteiger partial charge is 0.0913 e. The van der Waals surface area contributed by atoms with Gasteiger partial charge in [0.1, 0.15) is 0 Å². The van der Waals surface area contributed by atoms with Gasteiger partial charge in [0.25, 0.3) is 0 Å². The number of hydrogen-bond acceptors (Lipinski definition) is 2. The van der Waals surface area contributed by atoms with Gasteiger partial charge in [-0.3, -0.25) is 10.9 Å². The number of halogens is 6. The van der Waals surface area contributed by atoms with Gasteiger partial charge in [0.2, 0.25) is 0 Å². The molecule has 2 nitrogen and oxygen atoms in total. The number of hydrazine groups is 1. The van der Waals surface area contributed by atoms with Crippen molar-refractivity contribution in [2.45, 2.75) is 0 Å². The Hall–Kier alpha value is -0.220. The molecule has 2 aromatic rings. The molecule has 0 aliphatic rings. The lowest BCUT2D eigenvalue weighted by molar-refractivity contribution is 1.41. The molecule has 0 unspecified atom stereocenters. The molecule has 8 heteroatoms. The SMILES string of the molecule is Clc1cc(Cl)c(NNc2c(Cl)cc(Cl)cc2Cl)c(Cl)c1. The molecule has 0 radical (unpaired) electrons. The second-order valence-corrected chi connectivity index (χ2v) is 6.24. The van der Waals surface area contributed by atoms with Gasteiger partial charge in [-0.1, -0.05) is 69.6 Å². The Morgan fingerprint density at radius 1 is 0.500 bits per heavy atom. The van der Waals surface area contributed by atoms with Crippen LogP contribution in [0.25, 0.3) is 0 Å². The maximum Gasteiger partial charge on any atom is 0.0913 e. The zero-order chi connectivity index (χ0) is 14.9. The second kappa shape index (κ2) is 6.69. The quantitative estimate of drug-likeness (QED) is 0.549. The Balaban J connectivity index is 2.26. The largest absolute Gasteiger partial charge is 0.298 e. The molecule has 2 N–H and O–H groups in total. The first-order chi connectivity index (χ1) is 9.38. The van der Waals surface area contributed by atoms with E-state index >= 15 is 0 Å². The van der Waals surface area contributed by atoms with Gasteiger partial charge in [0.05, 0.1) is 31.5 Å². The first kappa shape index (κ1) is 16.2. The van der Waals surface area contributed by atoms with Crippen LogP contribution in [-0.2, 0) is 0 Å². The molecule has 0 aromatic heterocycles. The Kier molecular flexibility index (Phi) is 5.41. The fourth-order valence-corrected chi connectivity index (χ4v) is 3.27. The molecule has 0 fully saturated rings. The summed E-state index contributed by atoms with van der Waals surface area (Å²) in [6.07, 6.45) is 0. The van der Waals surface area contributed by atoms with Crippen LogP contribution in [0.1, 0.15) is 0 Å². The van der Waals surface area contributed by atoms with Gasteiger partial charge in [-0.05, 0) is 24.3 Å². The molecule has 2 rings (SSSR count). The number of hydrogen-bond donors (Lipinski definition) is 2. The number of nitrogens with one attached hydrogen (secondary N) is 2. The molecule has 0 aliphatic carbocycles. The van der Waals surface area contributed by atoms with Gasteiger partial charge in [-0.25, -0.2) is 0 Å². The lowest BCUT2D eigenvalue weighted by atomic mass is 10.3. The van der Waals surface area contributed by atoms with Crippen molar-refractivity contribution < 1.29 is 0 Å². The Bertz CT molecular complexity index is 555. The summed E-state index contributed by atoms with van der Waals surface area (Å²) in [5.41, 5.74) is 6.60. The third-order valence-corrected chi connectivity index (χ3v) is 3.96. The van der Waals surface area contributed by atoms with Crippen molar-refractivity contribution >= 4 is 81.0 Å². The van der Waals surface area contributed by atoms with E-state index < -0.39 is 0 Å². The van der Waals surface area contributed by atoms with Gasteiger partial charge in [-0.15, -0.1) is 0 Å². The monoisotopic (exact) mass is 388 g/mol. The topological polar surface area (TPSA) is 24.1 Å². The van der Waals surface area contributed by atoms with Gasteiger partial charge in [-0.2, -0.15) is 0 Å². The van der Waals surface area contributed by atoms with E-state index in [0.29, 0.717) is 41.5 Å². The van der Waals surface area contributed by atoms with E-state index in [-0.39, 0.29) is 0 Å². The summed E-state index contributed by atoms with van der Waals surface area (Å²) >= 11 is 35.9. The summed E-state index contributed by atoms with van der Waals surface area (Å²) in [5, 5.41) is 2.31. The average molecular weight is 391 g/mol. The third kappa shape index (κ3) is 3.70. The van der Waals surface area contributed by atoms with Gasteiger partial charge in [0.15, 0.2) is 0 Å². The van der Waals surface area contributed by atoms with Crippen molar-refractivity contribution in [3.05, 3.63) is 54.4 Å². The van der Waals surface area contributed by atoms with Crippen LogP contribution in [0.3, 0.4) is 0 Å². The zero-order valence-electron chi connectivity index (χ0n) is 9.58. The lowest BCUT2D eigenvalue weighted by Crippen LogP contribution is -2.10. The summed E-state index contributed by atoms with van der Waals surface area (Å²) in [4.78, 5) is 0. The van der Waals surface area contributed by atoms with Gasteiger partial charge in [0, 0.05) is 10.0 Å². The van der Waals surface area contributed by atoms with Crippen molar-refractivity contribution in [3.8, 4) is 0 Å². The van der Waals surface area contributed by atoms with Crippen LogP contribution in [0.15, 0.2) is 24.3 Å². The van der Waals surface area contributed by atoms with Crippen LogP contribution in [-0.4, -0.2) is 0 Å². The van der Waals surface area contributed by atoms with Crippen LogP contribution in [0, 0.1) is 0 Å². The fourth-order valence-electron chi connectivity index (χ4n) is 1.45. The molecule has 0 amide bonds. The van der Waals surface area contributed by atoms with Crippen LogP contribution in [0.5, 0.6) is 0 Å². The maximum absolute atomic E-state index is 6.05. The van der Waals surface area contributed by atoms with Crippen molar-refractivity contribution in [2.75, 3.05) is 10.9 Å². The van der Waals surface area contributed by atoms with Crippen molar-refractivity contribution in [1.82, 2.24) is 0 Å². The standard InChI is InChI=1S/C12H6Cl6N2/c13-5-1-7(15)11(8(16)2-5)19-20-12-9(17)3-6(14)4-10(12)18/h1-4,19-20H. The highest BCUT2D eigenvalue weighted by atomic mass is 35.5. The van der Waals surface area contributed by atoms with Crippen LogP contribution >= 0.6 is 69.6 Å². The summed E-state index contributed by atoms with van der Waals surface area (Å²) in [7, 11) is 0. The molecule has 106 valence electrons. The van der Waals surface area contributed by atoms with Crippen molar-refractivity contribution in [1.29, 1.82) is 0 Å². The number of anilines is 2. The summed E-state index contributed by atoms with van der Waals surface area (Å²) in [6.45, 7) is 0. The normalized spacial score (nSPS) is 10.5. The fraction of sp³-hybridized carbons (Fsp3) is 0. The zero-order valence-corrected chi connectivity index (χ0v) is 14.1. The second-order valence-electron chi connectivity index (χ2n) is 3.74. The van der Waals surface area contributed by atoms with Gasteiger partial charge < -0.3 is 0 Å². The molecule has 2 aromatic carbocycles. The molecular formula is C12H6Cl6N2. The van der Waals surface area contributed by atoms with Crippen LogP contribution in [0.2, 0.25) is 30.1 Å². The molecule has 0 saturated heterocycles. The summed E-state index contributed by atoms with van der Waals surface area (Å²) < 4.78 is 0. The Morgan fingerprint density at radius 3 is 1.00 bits per heavy atom. The van der Waals surface area contributed by atoms with E-state index in [9.17, 15) is 0 Å². The molecule has 0 spiro atoms. The van der Waals surface area contributed by atoms with Crippen LogP contribution in [0.4, 0.5) is 11.4 Å². The number of benzene rings is 2. The predicted octanol–water partition coefficient (Wildman–Crippen LogP) is 7.05. The van der Waals surface area contributed by atoms with E-state index in [4.69, 9.17) is 69.6 Å². The van der Waals surface area contributed by atoms with Crippen LogP contribution < -0.4 is 10.9 Å². The summed E-state index contributed by atoms with van der Waals surface area (Å²) in [5.74, 6) is 0. The molecule has 20 heavy (non-hydrogen) atoms. The predicted molar refractivity (Wildman–Crippen MR) is 90.2 cm³/mol. The minimum absolute atomic E-state index is 0.358. The molecule has 0 heterocycles. The molecule has 0 saturated carbocycles. The van der Waals surface area contributed by atoms with E-state index in [1.807, 2.05) is 0 Å². The highest BCUT2D eigenvalue weighted by molar-refractivity contribution is 6.43. The minimum atomic E-state index is 0.358. The molecule has 0 atom stereocenters. The van der Waals surface area contributed by atoms with Crippen molar-refractivity contribution in [2.24, 2.45) is 0 Å². The Labute approximate surface area is 145 Å². The third-order valence-electron chi connectivity index (χ3n) is 2.33. The van der Waals surface area contributed by atoms with E-state index in [0.717, 1.165) is 0 Å². The molecular weight excluding hydrogens is 385 g/mol. The van der Waals surface area contributed by atoms with Gasteiger partial charge >= 0.3 is 0 Å². The average Bonchev–Trinajstić information content (AvgIpc) is 2.30. The number of rotatable bonds is 3. The first-order valence-corrected chi connectivity index (χ1v) is 7.46. The molecule has 0 aliphatic heterocycles. The van der Waals surface area contributed by atoms with E-state index in [1.165, 1.54) is 0 Å². The first-order valence-electron chi connectivity index (χ1n) is 5.19. The minimum Gasteiger partial charge on any atom is -0.298 e. The lowest BCUT2D eigenvalue weighted by Gasteiger charge is -2.15. The maximum atomic E-state index is 6.05. The van der Waals surface area contributed by atoms with E-state index in [2.05, 4.69) is 10.9 Å². The Morgan fingerprint density at radius 2 is 0.750 bits per heavy atom. The molecule has 0 bridgehead atoms. The summed E-state index contributed by atoms with van der Waals surface area (Å²) in [6, 6.07) is 6.24.